The Hall–Kier alpha value is -1.87. The fourth-order valence-corrected chi connectivity index (χ4v) is 2.10. The summed E-state index contributed by atoms with van der Waals surface area (Å²) in [5.74, 6) is -0.0108. The first-order valence-electron chi connectivity index (χ1n) is 6.53. The van der Waals surface area contributed by atoms with Crippen molar-refractivity contribution < 1.29 is 9.90 Å². The number of hydrogen-bond donors (Lipinski definition) is 1. The van der Waals surface area contributed by atoms with Crippen molar-refractivity contribution in [2.24, 2.45) is 0 Å². The molecule has 19 heavy (non-hydrogen) atoms. The molecule has 100 valence electrons. The highest BCUT2D eigenvalue weighted by Crippen LogP contribution is 2.16. The summed E-state index contributed by atoms with van der Waals surface area (Å²) in [6.07, 6.45) is 1.03. The molecule has 3 nitrogen and oxygen atoms in total. The predicted octanol–water partition coefficient (Wildman–Crippen LogP) is 2.22. The van der Waals surface area contributed by atoms with Crippen molar-refractivity contribution in [1.82, 2.24) is 4.90 Å². The van der Waals surface area contributed by atoms with Gasteiger partial charge in [0.05, 0.1) is 6.61 Å². The van der Waals surface area contributed by atoms with Gasteiger partial charge in [0.25, 0.3) is 0 Å². The molecule has 0 aliphatic carbocycles. The van der Waals surface area contributed by atoms with Gasteiger partial charge in [0.2, 0.25) is 5.91 Å². The third kappa shape index (κ3) is 3.55. The molecule has 2 rings (SSSR count). The second-order valence-corrected chi connectivity index (χ2v) is 4.72. The summed E-state index contributed by atoms with van der Waals surface area (Å²) in [4.78, 5) is 13.2. The van der Waals surface area contributed by atoms with E-state index in [1.807, 2.05) is 12.1 Å². The molecular formula is C16H19NO2. The lowest BCUT2D eigenvalue weighted by Crippen LogP contribution is -2.29. The zero-order chi connectivity index (χ0) is 13.7. The summed E-state index contributed by atoms with van der Waals surface area (Å²) in [5, 5.41) is 11.2. The summed E-state index contributed by atoms with van der Waals surface area (Å²) in [5.41, 5.74) is 1.22. The molecule has 0 aliphatic heterocycles. The number of carbonyl (C=O) groups excluding carboxylic acids is 1. The highest BCUT2D eigenvalue weighted by molar-refractivity contribution is 5.83. The third-order valence-electron chi connectivity index (χ3n) is 3.30. The van der Waals surface area contributed by atoms with E-state index in [9.17, 15) is 4.79 Å². The number of nitrogens with zero attached hydrogens (tertiary/aromatic N) is 1. The second kappa shape index (κ2) is 6.34. The van der Waals surface area contributed by atoms with Crippen LogP contribution < -0.4 is 0 Å². The number of amides is 1. The Morgan fingerprint density at radius 1 is 1.16 bits per heavy atom. The van der Waals surface area contributed by atoms with Crippen molar-refractivity contribution in [2.75, 3.05) is 20.2 Å². The normalized spacial score (nSPS) is 10.6. The van der Waals surface area contributed by atoms with Crippen LogP contribution in [0.5, 0.6) is 0 Å². The van der Waals surface area contributed by atoms with Gasteiger partial charge in [-0.1, -0.05) is 42.5 Å². The van der Waals surface area contributed by atoms with E-state index >= 15 is 0 Å². The molecule has 3 heteroatoms. The number of hydrogen-bond acceptors (Lipinski definition) is 2. The topological polar surface area (TPSA) is 40.5 Å². The van der Waals surface area contributed by atoms with Crippen LogP contribution in [0.4, 0.5) is 0 Å². The largest absolute Gasteiger partial charge is 0.396 e. The SMILES string of the molecule is CN(CCc1ccc2ccccc2c1)C(=O)CCO. The quantitative estimate of drug-likeness (QED) is 0.892. The van der Waals surface area contributed by atoms with Gasteiger partial charge in [0.15, 0.2) is 0 Å². The fourth-order valence-electron chi connectivity index (χ4n) is 2.10. The Morgan fingerprint density at radius 3 is 2.63 bits per heavy atom. The van der Waals surface area contributed by atoms with E-state index in [1.165, 1.54) is 16.3 Å². The number of fused-ring (bicyclic) bond motifs is 1. The van der Waals surface area contributed by atoms with Gasteiger partial charge in [-0.15, -0.1) is 0 Å². The molecule has 1 N–H and O–H groups in total. The standard InChI is InChI=1S/C16H19NO2/c1-17(16(19)9-11-18)10-8-13-6-7-14-4-2-3-5-15(14)12-13/h2-7,12,18H,8-11H2,1H3. The Kier molecular flexibility index (Phi) is 4.53. The maximum Gasteiger partial charge on any atom is 0.224 e. The van der Waals surface area contributed by atoms with E-state index in [1.54, 1.807) is 11.9 Å². The van der Waals surface area contributed by atoms with Crippen LogP contribution >= 0.6 is 0 Å². The molecule has 0 saturated heterocycles. The minimum Gasteiger partial charge on any atom is -0.396 e. The number of aliphatic hydroxyl groups excluding tert-OH is 1. The van der Waals surface area contributed by atoms with Crippen molar-refractivity contribution in [2.45, 2.75) is 12.8 Å². The van der Waals surface area contributed by atoms with E-state index in [0.29, 0.717) is 6.54 Å². The van der Waals surface area contributed by atoms with Gasteiger partial charge in [-0.2, -0.15) is 0 Å². The van der Waals surface area contributed by atoms with Crippen molar-refractivity contribution in [1.29, 1.82) is 0 Å². The first-order chi connectivity index (χ1) is 9.20. The lowest BCUT2D eigenvalue weighted by Gasteiger charge is -2.16. The van der Waals surface area contributed by atoms with Crippen molar-refractivity contribution >= 4 is 16.7 Å². The van der Waals surface area contributed by atoms with E-state index in [-0.39, 0.29) is 18.9 Å². The van der Waals surface area contributed by atoms with Gasteiger partial charge < -0.3 is 10.0 Å². The van der Waals surface area contributed by atoms with Gasteiger partial charge in [0.1, 0.15) is 0 Å². The third-order valence-corrected chi connectivity index (χ3v) is 3.30. The molecule has 0 fully saturated rings. The number of carbonyl (C=O) groups is 1. The summed E-state index contributed by atoms with van der Waals surface area (Å²) in [7, 11) is 1.78. The minimum atomic E-state index is -0.0842. The summed E-state index contributed by atoms with van der Waals surface area (Å²) in [6, 6.07) is 14.6. The fraction of sp³-hybridized carbons (Fsp3) is 0.312. The molecule has 0 bridgehead atoms. The molecule has 0 unspecified atom stereocenters. The van der Waals surface area contributed by atoms with Gasteiger partial charge in [-0.3, -0.25) is 4.79 Å². The van der Waals surface area contributed by atoms with E-state index in [0.717, 1.165) is 6.42 Å². The van der Waals surface area contributed by atoms with E-state index in [2.05, 4.69) is 30.3 Å². The summed E-state index contributed by atoms with van der Waals surface area (Å²) in [6.45, 7) is 0.594. The summed E-state index contributed by atoms with van der Waals surface area (Å²) >= 11 is 0. The first kappa shape index (κ1) is 13.6. The average Bonchev–Trinajstić information content (AvgIpc) is 2.44. The average molecular weight is 257 g/mol. The number of rotatable bonds is 5. The molecule has 0 atom stereocenters. The molecule has 2 aromatic carbocycles. The number of aliphatic hydroxyl groups is 1. The molecule has 0 heterocycles. The first-order valence-corrected chi connectivity index (χ1v) is 6.53. The lowest BCUT2D eigenvalue weighted by molar-refractivity contribution is -0.130. The van der Waals surface area contributed by atoms with Crippen LogP contribution in [0, 0.1) is 0 Å². The second-order valence-electron chi connectivity index (χ2n) is 4.72. The van der Waals surface area contributed by atoms with Crippen LogP contribution in [-0.2, 0) is 11.2 Å². The minimum absolute atomic E-state index is 0.0108. The number of likely N-dealkylation sites (N-methyl/N-ethyl adjacent to an activating group) is 1. The molecule has 0 saturated carbocycles. The van der Waals surface area contributed by atoms with Gasteiger partial charge >= 0.3 is 0 Å². The van der Waals surface area contributed by atoms with E-state index < -0.39 is 0 Å². The molecule has 1 amide bonds. The highest BCUT2D eigenvalue weighted by Gasteiger charge is 2.07. The molecule has 0 radical (unpaired) electrons. The summed E-state index contributed by atoms with van der Waals surface area (Å²) < 4.78 is 0. The smallest absolute Gasteiger partial charge is 0.224 e. The Balaban J connectivity index is 1.99. The van der Waals surface area contributed by atoms with Crippen molar-refractivity contribution in [3.05, 3.63) is 48.0 Å². The van der Waals surface area contributed by atoms with E-state index in [4.69, 9.17) is 5.11 Å². The maximum atomic E-state index is 11.5. The van der Waals surface area contributed by atoms with Crippen LogP contribution in [0.15, 0.2) is 42.5 Å². The highest BCUT2D eigenvalue weighted by atomic mass is 16.3. The van der Waals surface area contributed by atoms with Crippen LogP contribution in [0.2, 0.25) is 0 Å². The van der Waals surface area contributed by atoms with Crippen LogP contribution in [0.25, 0.3) is 10.8 Å². The molecule has 0 aliphatic rings. The lowest BCUT2D eigenvalue weighted by atomic mass is 10.1. The number of benzene rings is 2. The van der Waals surface area contributed by atoms with Crippen LogP contribution in [0.3, 0.4) is 0 Å². The van der Waals surface area contributed by atoms with Gasteiger partial charge in [0, 0.05) is 20.0 Å². The van der Waals surface area contributed by atoms with Gasteiger partial charge in [-0.25, -0.2) is 0 Å². The predicted molar refractivity (Wildman–Crippen MR) is 77.0 cm³/mol. The molecule has 2 aromatic rings. The van der Waals surface area contributed by atoms with Crippen LogP contribution in [0.1, 0.15) is 12.0 Å². The monoisotopic (exact) mass is 257 g/mol. The maximum absolute atomic E-state index is 11.5. The Bertz CT molecular complexity index is 565. The zero-order valence-electron chi connectivity index (χ0n) is 11.2. The molecule has 0 spiro atoms. The Morgan fingerprint density at radius 2 is 1.89 bits per heavy atom. The zero-order valence-corrected chi connectivity index (χ0v) is 11.2. The molecular weight excluding hydrogens is 238 g/mol. The molecule has 0 aromatic heterocycles. The van der Waals surface area contributed by atoms with Crippen molar-refractivity contribution in [3.8, 4) is 0 Å². The Labute approximate surface area is 113 Å². The van der Waals surface area contributed by atoms with Crippen molar-refractivity contribution in [3.63, 3.8) is 0 Å². The van der Waals surface area contributed by atoms with Crippen LogP contribution in [-0.4, -0.2) is 36.1 Å². The van der Waals surface area contributed by atoms with Gasteiger partial charge in [-0.05, 0) is 22.8 Å².